The summed E-state index contributed by atoms with van der Waals surface area (Å²) in [6.07, 6.45) is 3.27. The van der Waals surface area contributed by atoms with Crippen LogP contribution in [0.2, 0.25) is 0 Å². The van der Waals surface area contributed by atoms with Crippen LogP contribution >= 0.6 is 0 Å². The van der Waals surface area contributed by atoms with Gasteiger partial charge in [0, 0.05) is 6.54 Å². The first-order valence-electron chi connectivity index (χ1n) is 3.78. The van der Waals surface area contributed by atoms with Gasteiger partial charge in [-0.1, -0.05) is 32.2 Å². The summed E-state index contributed by atoms with van der Waals surface area (Å²) in [5.74, 6) is 0. The molecule has 0 aliphatic heterocycles. The lowest BCUT2D eigenvalue weighted by Crippen LogP contribution is -2.17. The van der Waals surface area contributed by atoms with E-state index < -0.39 is 11.0 Å². The molecule has 0 fully saturated rings. The summed E-state index contributed by atoms with van der Waals surface area (Å²) >= 11 is 0. The van der Waals surface area contributed by atoms with Crippen LogP contribution in [-0.4, -0.2) is 10.8 Å². The summed E-state index contributed by atoms with van der Waals surface area (Å²) in [4.78, 5) is 0.701. The van der Waals surface area contributed by atoms with E-state index in [0.717, 1.165) is 5.57 Å². The van der Waals surface area contributed by atoms with Crippen molar-refractivity contribution < 1.29 is 4.21 Å². The highest BCUT2D eigenvalue weighted by Crippen LogP contribution is 2.08. The summed E-state index contributed by atoms with van der Waals surface area (Å²) in [7, 11) is -1.15. The molecule has 3 heteroatoms. The third-order valence-electron chi connectivity index (χ3n) is 1.36. The Morgan fingerprint density at radius 1 is 1.50 bits per heavy atom. The van der Waals surface area contributed by atoms with Crippen molar-refractivity contribution in [1.29, 1.82) is 0 Å². The molecule has 0 aromatic heterocycles. The zero-order valence-corrected chi connectivity index (χ0v) is 8.41. The molecule has 0 saturated carbocycles. The molecule has 0 aromatic rings. The van der Waals surface area contributed by atoms with E-state index in [-0.39, 0.29) is 0 Å². The molecular weight excluding hydrogens is 170 g/mol. The van der Waals surface area contributed by atoms with Crippen molar-refractivity contribution >= 4 is 11.0 Å². The van der Waals surface area contributed by atoms with Crippen LogP contribution in [0.25, 0.3) is 0 Å². The normalized spacial score (nSPS) is 14.8. The van der Waals surface area contributed by atoms with Crippen molar-refractivity contribution in [3.8, 4) is 0 Å². The fraction of sp³-hybridized carbons (Fsp3) is 0.333. The van der Waals surface area contributed by atoms with Gasteiger partial charge in [0.15, 0.2) is 0 Å². The molecule has 0 rings (SSSR count). The number of hydrogen-bond acceptors (Lipinski definition) is 1. The fourth-order valence-electron chi connectivity index (χ4n) is 0.692. The minimum absolute atomic E-state index is 0.675. The Balaban J connectivity index is 4.66. The third-order valence-corrected chi connectivity index (χ3v) is 2.79. The van der Waals surface area contributed by atoms with Crippen LogP contribution in [0.5, 0.6) is 0 Å². The number of hydrogen-bond donors (Lipinski definition) is 1. The first-order valence-corrected chi connectivity index (χ1v) is 4.93. The van der Waals surface area contributed by atoms with Gasteiger partial charge in [-0.05, 0) is 12.5 Å². The maximum atomic E-state index is 11.4. The lowest BCUT2D eigenvalue weighted by Gasteiger charge is -2.04. The molecule has 0 aliphatic rings. The molecule has 68 valence electrons. The Labute approximate surface area is 76.6 Å². The number of allylic oxidation sites excluding steroid dienone is 3. The van der Waals surface area contributed by atoms with Gasteiger partial charge in [-0.3, -0.25) is 0 Å². The van der Waals surface area contributed by atoms with Gasteiger partial charge < -0.3 is 0 Å². The average Bonchev–Trinajstić information content (AvgIpc) is 2.06. The van der Waals surface area contributed by atoms with Crippen molar-refractivity contribution in [3.05, 3.63) is 35.8 Å². The standard InChI is InChI=1S/C9H15NOS/c1-5-8(4)9(6-2)12(11)10-7-3/h5-6,10H,1-2,7H2,3-4H3/b9-8+. The number of rotatable bonds is 5. The topological polar surface area (TPSA) is 29.1 Å². The Hall–Kier alpha value is -0.670. The number of nitrogens with one attached hydrogen (secondary N) is 1. The molecule has 1 atom stereocenters. The van der Waals surface area contributed by atoms with Crippen LogP contribution in [0.4, 0.5) is 0 Å². The SMILES string of the molecule is C=C/C(C)=C(\C=C)S(=O)NCC. The highest BCUT2D eigenvalue weighted by molar-refractivity contribution is 7.87. The van der Waals surface area contributed by atoms with Crippen molar-refractivity contribution in [1.82, 2.24) is 4.72 Å². The van der Waals surface area contributed by atoms with Crippen LogP contribution in [0.1, 0.15) is 13.8 Å². The third kappa shape index (κ3) is 3.15. The maximum Gasteiger partial charge on any atom is 0.125 e. The zero-order chi connectivity index (χ0) is 9.56. The van der Waals surface area contributed by atoms with E-state index in [1.54, 1.807) is 12.2 Å². The highest BCUT2D eigenvalue weighted by atomic mass is 32.2. The van der Waals surface area contributed by atoms with E-state index >= 15 is 0 Å². The van der Waals surface area contributed by atoms with Crippen molar-refractivity contribution in [2.75, 3.05) is 6.54 Å². The van der Waals surface area contributed by atoms with Crippen LogP contribution in [0, 0.1) is 0 Å². The summed E-state index contributed by atoms with van der Waals surface area (Å²) in [6.45, 7) is 11.6. The average molecular weight is 185 g/mol. The van der Waals surface area contributed by atoms with Gasteiger partial charge in [0.25, 0.3) is 0 Å². The Bertz CT molecular complexity index is 231. The van der Waals surface area contributed by atoms with E-state index in [1.807, 2.05) is 13.8 Å². The molecule has 0 spiro atoms. The zero-order valence-electron chi connectivity index (χ0n) is 7.59. The second-order valence-corrected chi connectivity index (χ2v) is 3.49. The quantitative estimate of drug-likeness (QED) is 0.651. The molecule has 1 N–H and O–H groups in total. The molecule has 2 nitrogen and oxygen atoms in total. The molecule has 0 saturated heterocycles. The van der Waals surface area contributed by atoms with Gasteiger partial charge >= 0.3 is 0 Å². The van der Waals surface area contributed by atoms with E-state index in [2.05, 4.69) is 17.9 Å². The molecule has 0 aromatic carbocycles. The van der Waals surface area contributed by atoms with Gasteiger partial charge in [-0.25, -0.2) is 8.93 Å². The van der Waals surface area contributed by atoms with Crippen molar-refractivity contribution in [3.63, 3.8) is 0 Å². The van der Waals surface area contributed by atoms with Gasteiger partial charge in [0.2, 0.25) is 0 Å². The molecule has 0 aliphatic carbocycles. The first-order chi connectivity index (χ1) is 5.67. The second-order valence-electron chi connectivity index (χ2n) is 2.22. The van der Waals surface area contributed by atoms with Crippen LogP contribution in [0.15, 0.2) is 35.8 Å². The Kier molecular flexibility index (Phi) is 5.58. The summed E-state index contributed by atoms with van der Waals surface area (Å²) in [5.41, 5.74) is 0.893. The lowest BCUT2D eigenvalue weighted by atomic mass is 10.3. The predicted molar refractivity (Wildman–Crippen MR) is 54.9 cm³/mol. The smallest absolute Gasteiger partial charge is 0.125 e. The van der Waals surface area contributed by atoms with Crippen molar-refractivity contribution in [2.24, 2.45) is 0 Å². The second kappa shape index (κ2) is 5.91. The van der Waals surface area contributed by atoms with Crippen molar-refractivity contribution in [2.45, 2.75) is 13.8 Å². The summed E-state index contributed by atoms with van der Waals surface area (Å²) in [5, 5.41) is 0. The Morgan fingerprint density at radius 3 is 2.42 bits per heavy atom. The predicted octanol–water partition coefficient (Wildman–Crippen LogP) is 1.91. The molecule has 0 bridgehead atoms. The lowest BCUT2D eigenvalue weighted by molar-refractivity contribution is 0.679. The molecule has 0 amide bonds. The molecule has 12 heavy (non-hydrogen) atoms. The Morgan fingerprint density at radius 2 is 2.08 bits per heavy atom. The minimum atomic E-state index is -1.15. The van der Waals surface area contributed by atoms with Crippen LogP contribution in [0.3, 0.4) is 0 Å². The fourth-order valence-corrected chi connectivity index (χ4v) is 1.64. The van der Waals surface area contributed by atoms with Gasteiger partial charge in [0.05, 0.1) is 4.91 Å². The highest BCUT2D eigenvalue weighted by Gasteiger charge is 2.03. The molecule has 0 radical (unpaired) electrons. The molecular formula is C9H15NOS. The van der Waals surface area contributed by atoms with E-state index in [4.69, 9.17) is 0 Å². The first kappa shape index (κ1) is 11.3. The summed E-state index contributed by atoms with van der Waals surface area (Å²) < 4.78 is 14.2. The summed E-state index contributed by atoms with van der Waals surface area (Å²) in [6, 6.07) is 0. The van der Waals surface area contributed by atoms with Gasteiger partial charge in [-0.15, -0.1) is 0 Å². The molecule has 0 heterocycles. The van der Waals surface area contributed by atoms with Gasteiger partial charge in [-0.2, -0.15) is 0 Å². The molecule has 1 unspecified atom stereocenters. The largest absolute Gasteiger partial charge is 0.237 e. The van der Waals surface area contributed by atoms with E-state index in [1.165, 1.54) is 0 Å². The van der Waals surface area contributed by atoms with Gasteiger partial charge in [0.1, 0.15) is 11.0 Å². The van der Waals surface area contributed by atoms with E-state index in [0.29, 0.717) is 11.4 Å². The van der Waals surface area contributed by atoms with Crippen LogP contribution in [-0.2, 0) is 11.0 Å². The minimum Gasteiger partial charge on any atom is -0.237 e. The van der Waals surface area contributed by atoms with Crippen LogP contribution < -0.4 is 4.72 Å². The monoisotopic (exact) mass is 185 g/mol. The van der Waals surface area contributed by atoms with E-state index in [9.17, 15) is 4.21 Å². The maximum absolute atomic E-state index is 11.4.